The smallest absolute Gasteiger partial charge is 0.258 e. The lowest BCUT2D eigenvalue weighted by atomic mass is 9.93. The molecule has 2 atom stereocenters. The van der Waals surface area contributed by atoms with Crippen LogP contribution in [0, 0.1) is 5.92 Å². The lowest BCUT2D eigenvalue weighted by Crippen LogP contribution is -2.51. The van der Waals surface area contributed by atoms with Crippen molar-refractivity contribution >= 4 is 34.4 Å². The number of nitrogens with one attached hydrogen (secondary N) is 1. The Balaban J connectivity index is 1.44. The molecule has 1 aliphatic heterocycles. The Morgan fingerprint density at radius 2 is 2.03 bits per heavy atom. The number of aromatic nitrogens is 4. The molecule has 1 N–H and O–H groups in total. The highest BCUT2D eigenvalue weighted by atomic mass is 35.5. The molecule has 31 heavy (non-hydrogen) atoms. The summed E-state index contributed by atoms with van der Waals surface area (Å²) in [7, 11) is 3.22. The van der Waals surface area contributed by atoms with Gasteiger partial charge in [-0.3, -0.25) is 19.6 Å². The van der Waals surface area contributed by atoms with E-state index in [1.54, 1.807) is 36.5 Å². The quantitative estimate of drug-likeness (QED) is 0.665. The van der Waals surface area contributed by atoms with Crippen molar-refractivity contribution in [3.63, 3.8) is 0 Å². The zero-order chi connectivity index (χ0) is 22.1. The van der Waals surface area contributed by atoms with Gasteiger partial charge in [-0.25, -0.2) is 4.68 Å². The number of piperidine rings is 1. The van der Waals surface area contributed by atoms with Crippen LogP contribution in [0.3, 0.4) is 0 Å². The molecular weight excluding hydrogens is 420 g/mol. The van der Waals surface area contributed by atoms with Crippen LogP contribution in [0.2, 0.25) is 5.02 Å². The third kappa shape index (κ3) is 4.05. The van der Waals surface area contributed by atoms with Gasteiger partial charge in [0, 0.05) is 44.1 Å². The molecule has 2 amide bonds. The Hall–Kier alpha value is -3.20. The Labute approximate surface area is 184 Å². The Bertz CT molecular complexity index is 1150. The highest BCUT2D eigenvalue weighted by Crippen LogP contribution is 2.25. The van der Waals surface area contributed by atoms with E-state index >= 15 is 0 Å². The topological polar surface area (TPSA) is 102 Å². The van der Waals surface area contributed by atoms with Gasteiger partial charge in [0.05, 0.1) is 23.8 Å². The van der Waals surface area contributed by atoms with E-state index in [1.807, 2.05) is 6.92 Å². The zero-order valence-electron chi connectivity index (χ0n) is 17.5. The summed E-state index contributed by atoms with van der Waals surface area (Å²) in [6.45, 7) is 3.06. The molecular formula is C21H23ClN6O3. The zero-order valence-corrected chi connectivity index (χ0v) is 18.3. The largest absolute Gasteiger partial charge is 0.481 e. The third-order valence-corrected chi connectivity index (χ3v) is 5.89. The van der Waals surface area contributed by atoms with Crippen molar-refractivity contribution in [2.75, 3.05) is 20.2 Å². The monoisotopic (exact) mass is 442 g/mol. The molecule has 162 valence electrons. The third-order valence-electron chi connectivity index (χ3n) is 5.61. The number of rotatable bonds is 4. The van der Waals surface area contributed by atoms with Gasteiger partial charge >= 0.3 is 0 Å². The molecule has 1 aliphatic rings. The number of ether oxygens (including phenoxy) is 1. The van der Waals surface area contributed by atoms with E-state index in [2.05, 4.69) is 20.4 Å². The van der Waals surface area contributed by atoms with Crippen LogP contribution in [-0.2, 0) is 7.05 Å². The summed E-state index contributed by atoms with van der Waals surface area (Å²) in [5.74, 6) is 0.135. The van der Waals surface area contributed by atoms with Crippen LogP contribution < -0.4 is 10.1 Å². The summed E-state index contributed by atoms with van der Waals surface area (Å²) in [5, 5.41) is 7.53. The van der Waals surface area contributed by atoms with Crippen molar-refractivity contribution < 1.29 is 14.3 Å². The predicted molar refractivity (Wildman–Crippen MR) is 115 cm³/mol. The van der Waals surface area contributed by atoms with Gasteiger partial charge in [0.1, 0.15) is 11.1 Å². The van der Waals surface area contributed by atoms with Gasteiger partial charge in [0.15, 0.2) is 0 Å². The minimum Gasteiger partial charge on any atom is -0.481 e. The SMILES string of the molecule is COc1c(C(=O)N[C@@H]2CCN(C(=O)c3cc(Cl)c4nccnc4c3)C[C@@H]2C)cnn1C. The summed E-state index contributed by atoms with van der Waals surface area (Å²) >= 11 is 6.30. The molecule has 9 nitrogen and oxygen atoms in total. The van der Waals surface area contributed by atoms with Crippen LogP contribution >= 0.6 is 11.6 Å². The number of nitrogens with zero attached hydrogens (tertiary/aromatic N) is 5. The fourth-order valence-electron chi connectivity index (χ4n) is 3.95. The predicted octanol–water partition coefficient (Wildman–Crippen LogP) is 2.31. The number of methoxy groups -OCH3 is 1. The maximum atomic E-state index is 13.1. The second kappa shape index (κ2) is 8.50. The number of hydrogen-bond donors (Lipinski definition) is 1. The van der Waals surface area contributed by atoms with E-state index in [0.717, 1.165) is 0 Å². The Morgan fingerprint density at radius 1 is 1.26 bits per heavy atom. The summed E-state index contributed by atoms with van der Waals surface area (Å²) in [6.07, 6.45) is 5.27. The number of likely N-dealkylation sites (tertiary alicyclic amines) is 1. The number of aryl methyl sites for hydroxylation is 1. The average Bonchev–Trinajstić information content (AvgIpc) is 3.15. The molecule has 1 saturated heterocycles. The van der Waals surface area contributed by atoms with E-state index in [1.165, 1.54) is 18.0 Å². The Kier molecular flexibility index (Phi) is 5.77. The second-order valence-corrected chi connectivity index (χ2v) is 8.08. The van der Waals surface area contributed by atoms with E-state index in [0.29, 0.717) is 52.6 Å². The van der Waals surface area contributed by atoms with Crippen molar-refractivity contribution in [2.45, 2.75) is 19.4 Å². The van der Waals surface area contributed by atoms with Gasteiger partial charge < -0.3 is 15.0 Å². The van der Waals surface area contributed by atoms with Crippen molar-refractivity contribution in [2.24, 2.45) is 13.0 Å². The van der Waals surface area contributed by atoms with Crippen LogP contribution in [0.15, 0.2) is 30.7 Å². The number of halogens is 1. The van der Waals surface area contributed by atoms with E-state index in [-0.39, 0.29) is 23.8 Å². The lowest BCUT2D eigenvalue weighted by Gasteiger charge is -2.37. The maximum Gasteiger partial charge on any atom is 0.258 e. The van der Waals surface area contributed by atoms with Crippen LogP contribution in [0.1, 0.15) is 34.1 Å². The van der Waals surface area contributed by atoms with Gasteiger partial charge in [0.25, 0.3) is 11.8 Å². The van der Waals surface area contributed by atoms with Gasteiger partial charge in [-0.2, -0.15) is 5.10 Å². The number of hydrogen-bond acceptors (Lipinski definition) is 6. The van der Waals surface area contributed by atoms with Crippen LogP contribution in [0.25, 0.3) is 11.0 Å². The first-order valence-corrected chi connectivity index (χ1v) is 10.3. The first kappa shape index (κ1) is 21.0. The van der Waals surface area contributed by atoms with E-state index in [9.17, 15) is 9.59 Å². The van der Waals surface area contributed by atoms with Crippen molar-refractivity contribution in [1.29, 1.82) is 0 Å². The number of fused-ring (bicyclic) bond motifs is 1. The fraction of sp³-hybridized carbons (Fsp3) is 0.381. The first-order valence-electron chi connectivity index (χ1n) is 9.95. The van der Waals surface area contributed by atoms with Gasteiger partial charge in [-0.05, 0) is 24.5 Å². The van der Waals surface area contributed by atoms with Crippen LogP contribution in [-0.4, -0.2) is 62.7 Å². The minimum atomic E-state index is -0.235. The lowest BCUT2D eigenvalue weighted by molar-refractivity contribution is 0.0633. The van der Waals surface area contributed by atoms with Gasteiger partial charge in [-0.1, -0.05) is 18.5 Å². The molecule has 3 heterocycles. The molecule has 0 unspecified atom stereocenters. The fourth-order valence-corrected chi connectivity index (χ4v) is 4.22. The molecule has 1 fully saturated rings. The van der Waals surface area contributed by atoms with Crippen molar-refractivity contribution in [3.8, 4) is 5.88 Å². The van der Waals surface area contributed by atoms with Crippen LogP contribution in [0.4, 0.5) is 0 Å². The molecule has 0 radical (unpaired) electrons. The standard InChI is InChI=1S/C21H23ClN6O3/c1-12-11-28(20(30)13-8-15(22)18-17(9-13)23-5-6-24-18)7-4-16(12)26-19(29)14-10-25-27(2)21(14)31-3/h5-6,8-10,12,16H,4,7,11H2,1-3H3,(H,26,29)/t12-,16+/m0/s1. The molecule has 4 rings (SSSR count). The second-order valence-electron chi connectivity index (χ2n) is 7.67. The molecule has 3 aromatic rings. The number of amides is 2. The maximum absolute atomic E-state index is 13.1. The van der Waals surface area contributed by atoms with Gasteiger partial charge in [-0.15, -0.1) is 0 Å². The molecule has 1 aromatic carbocycles. The molecule has 0 bridgehead atoms. The Morgan fingerprint density at radius 3 is 2.77 bits per heavy atom. The number of carbonyl (C=O) groups excluding carboxylic acids is 2. The highest BCUT2D eigenvalue weighted by Gasteiger charge is 2.31. The van der Waals surface area contributed by atoms with Crippen molar-refractivity contribution in [1.82, 2.24) is 30.0 Å². The summed E-state index contributed by atoms with van der Waals surface area (Å²) < 4.78 is 6.77. The molecule has 2 aromatic heterocycles. The normalized spacial score (nSPS) is 18.8. The summed E-state index contributed by atoms with van der Waals surface area (Å²) in [6, 6.07) is 3.28. The average molecular weight is 443 g/mol. The molecule has 0 spiro atoms. The van der Waals surface area contributed by atoms with Gasteiger partial charge in [0.2, 0.25) is 5.88 Å². The van der Waals surface area contributed by atoms with E-state index < -0.39 is 0 Å². The number of benzene rings is 1. The first-order chi connectivity index (χ1) is 14.9. The molecule has 0 saturated carbocycles. The van der Waals surface area contributed by atoms with Crippen molar-refractivity contribution in [3.05, 3.63) is 46.9 Å². The molecule has 10 heteroatoms. The number of carbonyl (C=O) groups is 2. The molecule has 0 aliphatic carbocycles. The van der Waals surface area contributed by atoms with E-state index in [4.69, 9.17) is 16.3 Å². The van der Waals surface area contributed by atoms with Crippen LogP contribution in [0.5, 0.6) is 5.88 Å². The summed E-state index contributed by atoms with van der Waals surface area (Å²) in [5.41, 5.74) is 2.02. The summed E-state index contributed by atoms with van der Waals surface area (Å²) in [4.78, 5) is 36.0. The minimum absolute atomic E-state index is 0.0625. The highest BCUT2D eigenvalue weighted by molar-refractivity contribution is 6.35.